The Labute approximate surface area is 314 Å². The zero-order valence-electron chi connectivity index (χ0n) is 29.3. The topological polar surface area (TPSA) is 69.6 Å². The highest BCUT2D eigenvalue weighted by atomic mass is 32.1. The third kappa shape index (κ3) is 5.41. The highest BCUT2D eigenvalue weighted by molar-refractivity contribution is 7.13. The summed E-state index contributed by atoms with van der Waals surface area (Å²) in [6, 6.07) is 49.8. The molecule has 0 radical (unpaired) electrons. The molecule has 256 valence electrons. The highest BCUT2D eigenvalue weighted by Crippen LogP contribution is 2.38. The van der Waals surface area contributed by atoms with Crippen LogP contribution in [0.3, 0.4) is 0 Å². The number of furan rings is 1. The molecule has 0 aliphatic rings. The highest BCUT2D eigenvalue weighted by Gasteiger charge is 2.18. The van der Waals surface area contributed by atoms with Gasteiger partial charge in [-0.2, -0.15) is 0 Å². The van der Waals surface area contributed by atoms with Gasteiger partial charge in [0.15, 0.2) is 17.5 Å². The van der Waals surface area contributed by atoms with E-state index in [9.17, 15) is 0 Å². The van der Waals surface area contributed by atoms with E-state index in [1.807, 2.05) is 85.8 Å². The van der Waals surface area contributed by atoms with E-state index >= 15 is 0 Å². The number of hydrogen-bond donors (Lipinski definition) is 0. The molecule has 0 saturated carbocycles. The van der Waals surface area contributed by atoms with Gasteiger partial charge in [0, 0.05) is 55.6 Å². The van der Waals surface area contributed by atoms with E-state index in [1.54, 1.807) is 11.3 Å². The Morgan fingerprint density at radius 3 is 2.00 bits per heavy atom. The number of aromatic nitrogens is 5. The van der Waals surface area contributed by atoms with Gasteiger partial charge >= 0.3 is 0 Å². The molecule has 54 heavy (non-hydrogen) atoms. The first-order valence-electron chi connectivity index (χ1n) is 17.8. The Bertz CT molecular complexity index is 3140. The number of para-hydroxylation sites is 2. The molecule has 4 aromatic heterocycles. The van der Waals surface area contributed by atoms with Gasteiger partial charge in [-0.05, 0) is 43.3 Å². The van der Waals surface area contributed by atoms with Crippen LogP contribution in [-0.2, 0) is 0 Å². The number of nitrogens with zero attached hydrogens (tertiary/aromatic N) is 5. The maximum atomic E-state index is 6.34. The van der Waals surface area contributed by atoms with Gasteiger partial charge in [0.1, 0.15) is 16.2 Å². The second-order valence-corrected chi connectivity index (χ2v) is 14.2. The lowest BCUT2D eigenvalue weighted by molar-refractivity contribution is 0.669. The molecule has 0 bridgehead atoms. The van der Waals surface area contributed by atoms with Gasteiger partial charge in [-0.3, -0.25) is 0 Å². The predicted molar refractivity (Wildman–Crippen MR) is 223 cm³/mol. The average molecular weight is 714 g/mol. The summed E-state index contributed by atoms with van der Waals surface area (Å²) in [5, 5.41) is 6.20. The van der Waals surface area contributed by atoms with E-state index in [4.69, 9.17) is 24.4 Å². The first-order valence-corrected chi connectivity index (χ1v) is 18.6. The van der Waals surface area contributed by atoms with Crippen molar-refractivity contribution in [2.75, 3.05) is 0 Å². The molecule has 0 aliphatic carbocycles. The molecule has 0 spiro atoms. The summed E-state index contributed by atoms with van der Waals surface area (Å²) in [5.74, 6) is 1.83. The summed E-state index contributed by atoms with van der Waals surface area (Å²) in [6.07, 6.45) is 4.11. The van der Waals surface area contributed by atoms with Gasteiger partial charge < -0.3 is 8.98 Å². The van der Waals surface area contributed by atoms with Crippen LogP contribution < -0.4 is 9.88 Å². The van der Waals surface area contributed by atoms with Crippen molar-refractivity contribution in [2.24, 2.45) is 0 Å². The summed E-state index contributed by atoms with van der Waals surface area (Å²) in [7, 11) is 0. The van der Waals surface area contributed by atoms with E-state index in [0.717, 1.165) is 70.5 Å². The van der Waals surface area contributed by atoms with Crippen molar-refractivity contribution < 1.29 is 4.42 Å². The van der Waals surface area contributed by atoms with E-state index < -0.39 is 0 Å². The fourth-order valence-corrected chi connectivity index (χ4v) is 8.16. The first-order chi connectivity index (χ1) is 26.6. The van der Waals surface area contributed by atoms with Crippen LogP contribution in [0.15, 0.2) is 156 Å². The van der Waals surface area contributed by atoms with E-state index in [1.165, 1.54) is 10.8 Å². The molecule has 7 heteroatoms. The van der Waals surface area contributed by atoms with Crippen molar-refractivity contribution in [1.29, 1.82) is 0 Å². The Balaban J connectivity index is 1.07. The summed E-state index contributed by atoms with van der Waals surface area (Å²) in [4.78, 5) is 19.7. The third-order valence-corrected chi connectivity index (χ3v) is 10.9. The summed E-state index contributed by atoms with van der Waals surface area (Å²) in [5.41, 5.74) is 8.76. The van der Waals surface area contributed by atoms with Gasteiger partial charge in [-0.15, -0.1) is 11.3 Å². The van der Waals surface area contributed by atoms with Crippen LogP contribution >= 0.6 is 11.3 Å². The van der Waals surface area contributed by atoms with Crippen molar-refractivity contribution in [3.63, 3.8) is 0 Å². The second kappa shape index (κ2) is 12.9. The zero-order chi connectivity index (χ0) is 36.2. The molecule has 6 nitrogen and oxygen atoms in total. The zero-order valence-corrected chi connectivity index (χ0v) is 30.1. The number of hydrogen-bond acceptors (Lipinski definition) is 6. The standard InChI is InChI=1S/C47H31N5OS/c1-3-30(44-49-45(31-15-6-4-7-16-31)51-46(50-44)32-17-8-5-9-18-32)26-43-29(2)48-47(54-43)33-19-14-20-34(25-33)52-39-23-12-10-21-35(39)37-27-38-36-22-11-13-24-41(36)53-42(38)28-40(37)52/h3-28H,2H2,1H3/b30-3+,43-26+. The van der Waals surface area contributed by atoms with Gasteiger partial charge in [0.05, 0.1) is 20.9 Å². The van der Waals surface area contributed by atoms with Crippen molar-refractivity contribution in [1.82, 2.24) is 24.5 Å². The Hall–Kier alpha value is -6.96. The minimum Gasteiger partial charge on any atom is -0.456 e. The van der Waals surface area contributed by atoms with Crippen molar-refractivity contribution in [2.45, 2.75) is 6.92 Å². The summed E-state index contributed by atoms with van der Waals surface area (Å²) < 4.78 is 9.60. The lowest BCUT2D eigenvalue weighted by Gasteiger charge is -2.09. The molecule has 0 fully saturated rings. The van der Waals surface area contributed by atoms with Gasteiger partial charge in [0.2, 0.25) is 0 Å². The van der Waals surface area contributed by atoms with E-state index in [0.29, 0.717) is 22.8 Å². The van der Waals surface area contributed by atoms with Crippen LogP contribution in [0.5, 0.6) is 0 Å². The molecule has 6 aromatic carbocycles. The van der Waals surface area contributed by atoms with Crippen LogP contribution in [-0.4, -0.2) is 24.5 Å². The predicted octanol–water partition coefficient (Wildman–Crippen LogP) is 10.6. The number of allylic oxidation sites excluding steroid dienone is 2. The Kier molecular flexibility index (Phi) is 7.59. The molecule has 0 N–H and O–H groups in total. The fraction of sp³-hybridized carbons (Fsp3) is 0.0213. The molecule has 0 saturated heterocycles. The molecular formula is C47H31N5OS. The molecule has 0 unspecified atom stereocenters. The monoisotopic (exact) mass is 713 g/mol. The van der Waals surface area contributed by atoms with Gasteiger partial charge in [-0.1, -0.05) is 122 Å². The number of rotatable bonds is 6. The molecule has 0 atom stereocenters. The van der Waals surface area contributed by atoms with Crippen LogP contribution in [0.2, 0.25) is 0 Å². The van der Waals surface area contributed by atoms with E-state index in [2.05, 4.69) is 90.0 Å². The Morgan fingerprint density at radius 1 is 0.593 bits per heavy atom. The molecule has 0 aliphatic heterocycles. The minimum atomic E-state index is 0.589. The summed E-state index contributed by atoms with van der Waals surface area (Å²) >= 11 is 1.60. The van der Waals surface area contributed by atoms with Crippen molar-refractivity contribution in [3.8, 4) is 39.0 Å². The second-order valence-electron chi connectivity index (χ2n) is 13.1. The fourth-order valence-electron chi connectivity index (χ4n) is 7.20. The quantitative estimate of drug-likeness (QED) is 0.172. The molecule has 0 amide bonds. The van der Waals surface area contributed by atoms with Crippen LogP contribution in [0, 0.1) is 0 Å². The number of benzene rings is 6. The summed E-state index contributed by atoms with van der Waals surface area (Å²) in [6.45, 7) is 6.35. The molecule has 10 aromatic rings. The smallest absolute Gasteiger partial charge is 0.164 e. The normalized spacial score (nSPS) is 12.5. The van der Waals surface area contributed by atoms with Crippen LogP contribution in [0.25, 0.3) is 101 Å². The molecular weight excluding hydrogens is 683 g/mol. The van der Waals surface area contributed by atoms with Crippen molar-refractivity contribution >= 4 is 73.3 Å². The molecule has 4 heterocycles. The number of fused-ring (bicyclic) bond motifs is 6. The Morgan fingerprint density at radius 2 is 1.26 bits per heavy atom. The lowest BCUT2D eigenvalue weighted by Crippen LogP contribution is -2.18. The van der Waals surface area contributed by atoms with Gasteiger partial charge in [-0.25, -0.2) is 19.9 Å². The van der Waals surface area contributed by atoms with Crippen molar-refractivity contribution in [3.05, 3.63) is 167 Å². The first kappa shape index (κ1) is 31.7. The SMILES string of the molecule is C=c1nc(-c2cccc(-n3c4ccccc4c4cc5c(cc43)oc3ccccc35)c2)s/c1=C/C(=C\C)c1nc(-c2ccccc2)nc(-c2ccccc2)n1. The maximum Gasteiger partial charge on any atom is 0.164 e. The van der Waals surface area contributed by atoms with Crippen LogP contribution in [0.1, 0.15) is 12.7 Å². The van der Waals surface area contributed by atoms with E-state index in [-0.39, 0.29) is 0 Å². The molecule has 10 rings (SSSR count). The number of thiazole rings is 1. The van der Waals surface area contributed by atoms with Crippen LogP contribution in [0.4, 0.5) is 0 Å². The van der Waals surface area contributed by atoms with Gasteiger partial charge in [0.25, 0.3) is 0 Å². The minimum absolute atomic E-state index is 0.589. The average Bonchev–Trinajstić information content (AvgIpc) is 3.89. The maximum absolute atomic E-state index is 6.34. The lowest BCUT2D eigenvalue weighted by atomic mass is 10.1. The third-order valence-electron chi connectivity index (χ3n) is 9.81. The largest absolute Gasteiger partial charge is 0.456 e.